The molecule has 0 saturated carbocycles. The highest BCUT2D eigenvalue weighted by Crippen LogP contribution is 2.38. The number of benzene rings is 1. The van der Waals surface area contributed by atoms with E-state index in [2.05, 4.69) is 4.98 Å². The van der Waals surface area contributed by atoms with E-state index in [-0.39, 0.29) is 34.4 Å². The number of aryl methyl sites for hydroxylation is 1. The molecule has 159 valence electrons. The molecule has 30 heavy (non-hydrogen) atoms. The molecule has 0 unspecified atom stereocenters. The average Bonchev–Trinajstić information content (AvgIpc) is 2.68. The fourth-order valence-electron chi connectivity index (χ4n) is 3.36. The van der Waals surface area contributed by atoms with Gasteiger partial charge in [-0.15, -0.1) is 5.14 Å². The third kappa shape index (κ3) is 3.72. The Morgan fingerprint density at radius 2 is 1.90 bits per heavy atom. The van der Waals surface area contributed by atoms with E-state index >= 15 is 0 Å². The van der Waals surface area contributed by atoms with Crippen molar-refractivity contribution in [1.82, 2.24) is 19.3 Å². The molecule has 0 amide bonds. The highest BCUT2D eigenvalue weighted by Gasteiger charge is 2.25. The van der Waals surface area contributed by atoms with Crippen LogP contribution in [0.25, 0.3) is 22.2 Å². The second kappa shape index (κ2) is 7.84. The van der Waals surface area contributed by atoms with Crippen molar-refractivity contribution < 1.29 is 13.2 Å². The summed E-state index contributed by atoms with van der Waals surface area (Å²) in [6.07, 6.45) is 0. The highest BCUT2D eigenvalue weighted by molar-refractivity contribution is 7.88. The van der Waals surface area contributed by atoms with Crippen molar-refractivity contribution in [3.8, 4) is 16.9 Å². The van der Waals surface area contributed by atoms with Crippen LogP contribution in [0, 0.1) is 0 Å². The highest BCUT2D eigenvalue weighted by atomic mass is 35.5. The maximum atomic E-state index is 13.1. The second-order valence-electron chi connectivity index (χ2n) is 6.62. The minimum Gasteiger partial charge on any atom is -0.496 e. The van der Waals surface area contributed by atoms with Gasteiger partial charge in [0.25, 0.3) is 5.56 Å². The number of halogens is 1. The Morgan fingerprint density at radius 1 is 1.23 bits per heavy atom. The van der Waals surface area contributed by atoms with Crippen molar-refractivity contribution >= 4 is 32.7 Å². The van der Waals surface area contributed by atoms with Crippen molar-refractivity contribution in [2.24, 2.45) is 19.8 Å². The lowest BCUT2D eigenvalue weighted by Gasteiger charge is -2.19. The number of fused-ring (bicyclic) bond motifs is 1. The molecular weight excluding hydrogens is 434 g/mol. The molecule has 1 aromatic carbocycles. The molecule has 3 N–H and O–H groups in total. The number of ether oxygens (including phenoxy) is 1. The second-order valence-corrected chi connectivity index (χ2v) is 8.58. The van der Waals surface area contributed by atoms with E-state index in [4.69, 9.17) is 27.2 Å². The Morgan fingerprint density at radius 3 is 2.47 bits per heavy atom. The number of rotatable bonds is 5. The van der Waals surface area contributed by atoms with Crippen molar-refractivity contribution in [1.29, 1.82) is 0 Å². The molecule has 12 heteroatoms. The predicted octanol–water partition coefficient (Wildman–Crippen LogP) is 0.533. The molecule has 3 rings (SSSR count). The number of aromatic nitrogens is 3. The van der Waals surface area contributed by atoms with Crippen molar-refractivity contribution in [2.75, 3.05) is 7.11 Å². The number of sulfonamides is 1. The van der Waals surface area contributed by atoms with Gasteiger partial charge in [-0.1, -0.05) is 11.6 Å². The van der Waals surface area contributed by atoms with Gasteiger partial charge in [0.1, 0.15) is 17.1 Å². The van der Waals surface area contributed by atoms with Gasteiger partial charge in [0.2, 0.25) is 10.0 Å². The zero-order valence-corrected chi connectivity index (χ0v) is 18.0. The first-order valence-corrected chi connectivity index (χ1v) is 10.7. The van der Waals surface area contributed by atoms with Crippen LogP contribution in [0.2, 0.25) is 5.02 Å². The lowest BCUT2D eigenvalue weighted by molar-refractivity contribution is 0.416. The van der Waals surface area contributed by atoms with Gasteiger partial charge in [-0.25, -0.2) is 18.2 Å². The summed E-state index contributed by atoms with van der Waals surface area (Å²) in [5, 5.41) is 7.78. The zero-order chi connectivity index (χ0) is 22.4. The molecule has 0 bridgehead atoms. The number of nitrogens with two attached hydrogens (primary N) is 1. The van der Waals surface area contributed by atoms with Crippen LogP contribution >= 0.6 is 11.6 Å². The fourth-order valence-corrected chi connectivity index (χ4v) is 4.12. The number of nitrogens with zero attached hydrogens (tertiary/aromatic N) is 3. The quantitative estimate of drug-likeness (QED) is 0.593. The lowest BCUT2D eigenvalue weighted by Crippen LogP contribution is -2.38. The van der Waals surface area contributed by atoms with E-state index in [1.165, 1.54) is 27.3 Å². The van der Waals surface area contributed by atoms with Crippen molar-refractivity contribution in [3.63, 3.8) is 0 Å². The third-order valence-corrected chi connectivity index (χ3v) is 5.63. The van der Waals surface area contributed by atoms with Gasteiger partial charge < -0.3 is 10.5 Å². The SMILES string of the molecule is COc1cc(Cl)ccc1-c1c(CN)c(CS([NH])(=O)=O)nc2c1c(=O)n(C)c(=O)n2C. The van der Waals surface area contributed by atoms with E-state index in [0.717, 1.165) is 9.13 Å². The summed E-state index contributed by atoms with van der Waals surface area (Å²) in [5.41, 5.74) is 5.61. The molecule has 0 fully saturated rings. The number of methoxy groups -OCH3 is 1. The molecule has 2 aromatic heterocycles. The smallest absolute Gasteiger partial charge is 0.332 e. The maximum Gasteiger partial charge on any atom is 0.332 e. The van der Waals surface area contributed by atoms with Gasteiger partial charge in [0.05, 0.1) is 18.2 Å². The average molecular weight is 453 g/mol. The summed E-state index contributed by atoms with van der Waals surface area (Å²) < 4.78 is 30.9. The van der Waals surface area contributed by atoms with Crippen LogP contribution in [0.5, 0.6) is 5.75 Å². The summed E-state index contributed by atoms with van der Waals surface area (Å²) in [5.74, 6) is -0.415. The van der Waals surface area contributed by atoms with E-state index < -0.39 is 27.0 Å². The van der Waals surface area contributed by atoms with Crippen LogP contribution in [-0.4, -0.2) is 29.6 Å². The summed E-state index contributed by atoms with van der Waals surface area (Å²) in [6, 6.07) is 4.73. The molecule has 0 atom stereocenters. The van der Waals surface area contributed by atoms with Crippen molar-refractivity contribution in [2.45, 2.75) is 12.3 Å². The molecule has 2 heterocycles. The van der Waals surface area contributed by atoms with Gasteiger partial charge in [-0.05, 0) is 23.8 Å². The van der Waals surface area contributed by atoms with E-state index in [0.29, 0.717) is 16.3 Å². The van der Waals surface area contributed by atoms with Crippen molar-refractivity contribution in [3.05, 3.63) is 55.3 Å². The monoisotopic (exact) mass is 452 g/mol. The van der Waals surface area contributed by atoms with Crippen LogP contribution < -0.4 is 26.9 Å². The minimum atomic E-state index is -4.23. The van der Waals surface area contributed by atoms with Crippen LogP contribution in [0.3, 0.4) is 0 Å². The lowest BCUT2D eigenvalue weighted by atomic mass is 9.95. The number of hydrogen-bond acceptors (Lipinski definition) is 7. The Labute approximate surface area is 176 Å². The van der Waals surface area contributed by atoms with Gasteiger partial charge in [-0.2, -0.15) is 0 Å². The first-order valence-electron chi connectivity index (χ1n) is 8.63. The molecule has 3 aromatic rings. The summed E-state index contributed by atoms with van der Waals surface area (Å²) >= 11 is 6.06. The third-order valence-electron chi connectivity index (χ3n) is 4.74. The summed E-state index contributed by atoms with van der Waals surface area (Å²) in [4.78, 5) is 29.8. The van der Waals surface area contributed by atoms with E-state index in [1.807, 2.05) is 0 Å². The normalized spacial score (nSPS) is 11.8. The minimum absolute atomic E-state index is 0.0183. The molecule has 1 radical (unpaired) electrons. The van der Waals surface area contributed by atoms with Crippen LogP contribution in [0.1, 0.15) is 11.3 Å². The number of nitrogens with one attached hydrogen (secondary N) is 1. The van der Waals surface area contributed by atoms with E-state index in [1.54, 1.807) is 12.1 Å². The number of hydrogen-bond donors (Lipinski definition) is 1. The summed E-state index contributed by atoms with van der Waals surface area (Å²) in [7, 11) is -0.0635. The topological polar surface area (TPSA) is 150 Å². The molecule has 10 nitrogen and oxygen atoms in total. The molecule has 0 saturated heterocycles. The zero-order valence-electron chi connectivity index (χ0n) is 16.4. The standard InChI is InChI=1S/C18H19ClN5O5S/c1-23-16-15(17(25)24(2)18(23)26)14(10-5-4-9(19)6-13(10)29-3)11(7-20)12(22-16)8-30(21,27)28/h4-6,21H,7-8,20H2,1-3H3. The first-order chi connectivity index (χ1) is 14.0. The van der Waals surface area contributed by atoms with Gasteiger partial charge in [0, 0.05) is 36.8 Å². The molecule has 0 aliphatic heterocycles. The molecule has 0 aliphatic rings. The van der Waals surface area contributed by atoms with Crippen LogP contribution in [-0.2, 0) is 36.4 Å². The Kier molecular flexibility index (Phi) is 5.74. The first kappa shape index (κ1) is 22.0. The Bertz CT molecular complexity index is 1400. The van der Waals surface area contributed by atoms with Gasteiger partial charge in [0.15, 0.2) is 0 Å². The maximum absolute atomic E-state index is 13.1. The molecule has 0 spiro atoms. The Hall–Kier alpha value is -2.73. The van der Waals surface area contributed by atoms with Crippen LogP contribution in [0.15, 0.2) is 27.8 Å². The largest absolute Gasteiger partial charge is 0.496 e. The Balaban J connectivity index is 2.66. The van der Waals surface area contributed by atoms with Gasteiger partial charge >= 0.3 is 5.69 Å². The van der Waals surface area contributed by atoms with E-state index in [9.17, 15) is 18.0 Å². The molecule has 0 aliphatic carbocycles. The molecular formula is C18H19ClN5O5S. The fraction of sp³-hybridized carbons (Fsp3) is 0.278. The van der Waals surface area contributed by atoms with Crippen LogP contribution in [0.4, 0.5) is 0 Å². The summed E-state index contributed by atoms with van der Waals surface area (Å²) in [6.45, 7) is -0.166. The predicted molar refractivity (Wildman–Crippen MR) is 113 cm³/mol. The van der Waals surface area contributed by atoms with Gasteiger partial charge in [-0.3, -0.25) is 13.9 Å². The number of pyridine rings is 1.